The number of thioether (sulfide) groups is 1. The third-order valence-electron chi connectivity index (χ3n) is 6.42. The van der Waals surface area contributed by atoms with E-state index in [0.29, 0.717) is 23.8 Å². The Labute approximate surface area is 200 Å². The van der Waals surface area contributed by atoms with E-state index < -0.39 is 0 Å². The van der Waals surface area contributed by atoms with Crippen LogP contribution in [0.2, 0.25) is 0 Å². The highest BCUT2D eigenvalue weighted by Crippen LogP contribution is 2.38. The van der Waals surface area contributed by atoms with Gasteiger partial charge in [0.1, 0.15) is 4.83 Å². The van der Waals surface area contributed by atoms with Crippen LogP contribution < -0.4 is 15.0 Å². The second-order valence-corrected chi connectivity index (χ2v) is 10.7. The number of rotatable bonds is 4. The molecule has 0 spiro atoms. The lowest BCUT2D eigenvalue weighted by molar-refractivity contribution is -0.129. The van der Waals surface area contributed by atoms with Gasteiger partial charge in [-0.15, -0.1) is 11.3 Å². The van der Waals surface area contributed by atoms with E-state index in [2.05, 4.69) is 0 Å². The zero-order valence-corrected chi connectivity index (χ0v) is 20.7. The summed E-state index contributed by atoms with van der Waals surface area (Å²) in [5.74, 6) is 1.83. The number of amides is 1. The normalized spacial score (nSPS) is 18.0. The fourth-order valence-electron chi connectivity index (χ4n) is 4.49. The molecule has 174 valence electrons. The van der Waals surface area contributed by atoms with Gasteiger partial charge in [-0.1, -0.05) is 17.8 Å². The molecule has 1 amide bonds. The van der Waals surface area contributed by atoms with Gasteiger partial charge in [-0.3, -0.25) is 14.2 Å². The Hall–Kier alpha value is -2.52. The molecule has 3 aromatic rings. The average molecular weight is 486 g/mol. The number of aryl methyl sites for hydroxylation is 2. The number of nitrogens with zero attached hydrogens (tertiary/aromatic N) is 3. The van der Waals surface area contributed by atoms with Crippen molar-refractivity contribution in [3.05, 3.63) is 44.6 Å². The highest BCUT2D eigenvalue weighted by molar-refractivity contribution is 7.99. The quantitative estimate of drug-likeness (QED) is 0.407. The second kappa shape index (κ2) is 9.02. The molecule has 1 aromatic carbocycles. The zero-order valence-electron chi connectivity index (χ0n) is 19.1. The van der Waals surface area contributed by atoms with E-state index in [1.54, 1.807) is 11.6 Å². The number of likely N-dealkylation sites (tertiary alicyclic amines) is 1. The summed E-state index contributed by atoms with van der Waals surface area (Å²) in [6.45, 7) is 5.99. The van der Waals surface area contributed by atoms with Crippen LogP contribution in [-0.4, -0.2) is 45.9 Å². The second-order valence-electron chi connectivity index (χ2n) is 8.51. The number of ether oxygens (including phenoxy) is 2. The summed E-state index contributed by atoms with van der Waals surface area (Å²) in [4.78, 5) is 34.5. The number of benzene rings is 1. The van der Waals surface area contributed by atoms with Crippen LogP contribution in [0.4, 0.5) is 0 Å². The van der Waals surface area contributed by atoms with E-state index in [9.17, 15) is 9.59 Å². The Bertz CT molecular complexity index is 1280. The van der Waals surface area contributed by atoms with Gasteiger partial charge in [-0.25, -0.2) is 4.98 Å². The van der Waals surface area contributed by atoms with Crippen LogP contribution in [0, 0.1) is 13.8 Å². The Morgan fingerprint density at radius 2 is 2.00 bits per heavy atom. The molecule has 7 nitrogen and oxygen atoms in total. The van der Waals surface area contributed by atoms with Gasteiger partial charge in [0.05, 0.1) is 30.4 Å². The highest BCUT2D eigenvalue weighted by Gasteiger charge is 2.31. The first-order chi connectivity index (χ1) is 15.9. The lowest BCUT2D eigenvalue weighted by Gasteiger charge is -2.25. The van der Waals surface area contributed by atoms with Gasteiger partial charge in [0, 0.05) is 24.9 Å². The lowest BCUT2D eigenvalue weighted by atomic mass is 10.0. The van der Waals surface area contributed by atoms with Crippen LogP contribution in [0.1, 0.15) is 41.3 Å². The maximum atomic E-state index is 13.2. The molecule has 9 heteroatoms. The van der Waals surface area contributed by atoms with E-state index in [0.717, 1.165) is 58.1 Å². The van der Waals surface area contributed by atoms with Crippen molar-refractivity contribution < 1.29 is 14.3 Å². The highest BCUT2D eigenvalue weighted by atomic mass is 32.2. The molecule has 1 saturated heterocycles. The van der Waals surface area contributed by atoms with Gasteiger partial charge in [0.2, 0.25) is 5.91 Å². The number of fused-ring (bicyclic) bond motifs is 2. The molecule has 1 atom stereocenters. The molecule has 0 radical (unpaired) electrons. The maximum absolute atomic E-state index is 13.2. The summed E-state index contributed by atoms with van der Waals surface area (Å²) in [5, 5.41) is 1.26. The van der Waals surface area contributed by atoms with E-state index in [1.807, 2.05) is 36.9 Å². The molecule has 2 aliphatic heterocycles. The van der Waals surface area contributed by atoms with Crippen molar-refractivity contribution >= 4 is 39.2 Å². The summed E-state index contributed by atoms with van der Waals surface area (Å²) in [5.41, 5.74) is 2.01. The molecule has 0 aliphatic carbocycles. The summed E-state index contributed by atoms with van der Waals surface area (Å²) >= 11 is 2.86. The van der Waals surface area contributed by atoms with E-state index in [4.69, 9.17) is 14.5 Å². The molecule has 1 unspecified atom stereocenters. The van der Waals surface area contributed by atoms with Gasteiger partial charge in [-0.05, 0) is 49.9 Å². The number of thiophene rings is 1. The molecular formula is C24H27N3O4S2. The number of hydrogen-bond donors (Lipinski definition) is 0. The Balaban J connectivity index is 1.33. The topological polar surface area (TPSA) is 73.7 Å². The molecule has 0 bridgehead atoms. The summed E-state index contributed by atoms with van der Waals surface area (Å²) in [7, 11) is 1.73. The molecule has 2 aliphatic rings. The Morgan fingerprint density at radius 3 is 2.82 bits per heavy atom. The van der Waals surface area contributed by atoms with Crippen LogP contribution in [0.15, 0.2) is 28.2 Å². The van der Waals surface area contributed by atoms with Crippen LogP contribution in [0.5, 0.6) is 11.5 Å². The predicted octanol–water partition coefficient (Wildman–Crippen LogP) is 4.23. The van der Waals surface area contributed by atoms with Crippen molar-refractivity contribution in [2.45, 2.75) is 44.3 Å². The molecular weight excluding hydrogens is 458 g/mol. The molecule has 2 aromatic heterocycles. The van der Waals surface area contributed by atoms with Crippen LogP contribution in [0.3, 0.4) is 0 Å². The first-order valence-electron chi connectivity index (χ1n) is 11.2. The monoisotopic (exact) mass is 485 g/mol. The summed E-state index contributed by atoms with van der Waals surface area (Å²) < 4.78 is 13.2. The van der Waals surface area contributed by atoms with Crippen molar-refractivity contribution in [2.75, 3.05) is 25.5 Å². The number of carbonyl (C=O) groups excluding carboxylic acids is 1. The van der Waals surface area contributed by atoms with Crippen molar-refractivity contribution in [1.82, 2.24) is 14.5 Å². The Morgan fingerprint density at radius 1 is 1.21 bits per heavy atom. The van der Waals surface area contributed by atoms with Crippen molar-refractivity contribution in [2.24, 2.45) is 7.05 Å². The number of aromatic nitrogens is 2. The molecule has 0 saturated carbocycles. The predicted molar refractivity (Wildman–Crippen MR) is 131 cm³/mol. The van der Waals surface area contributed by atoms with Crippen LogP contribution >= 0.6 is 23.1 Å². The first kappa shape index (κ1) is 22.3. The molecule has 33 heavy (non-hydrogen) atoms. The maximum Gasteiger partial charge on any atom is 0.262 e. The van der Waals surface area contributed by atoms with Gasteiger partial charge < -0.3 is 14.4 Å². The third-order valence-corrected chi connectivity index (χ3v) is 8.54. The zero-order chi connectivity index (χ0) is 23.1. The minimum atomic E-state index is -0.0527. The van der Waals surface area contributed by atoms with Gasteiger partial charge in [0.15, 0.2) is 16.7 Å². The van der Waals surface area contributed by atoms with Gasteiger partial charge in [0.25, 0.3) is 5.56 Å². The summed E-state index contributed by atoms with van der Waals surface area (Å²) in [6.07, 6.45) is 2.75. The fourth-order valence-corrected chi connectivity index (χ4v) is 6.42. The summed E-state index contributed by atoms with van der Waals surface area (Å²) in [6, 6.07) is 6.03. The van der Waals surface area contributed by atoms with Crippen LogP contribution in [0.25, 0.3) is 10.2 Å². The first-order valence-corrected chi connectivity index (χ1v) is 13.0. The Kier molecular flexibility index (Phi) is 6.09. The standard InChI is InChI=1S/C24H27N3O4S2/c1-14-15(2)33-22-21(14)23(29)26(3)24(25-22)32-13-20(28)27-9-4-6-17(27)16-7-8-18-19(12-16)31-11-5-10-30-18/h7-8,12,17H,4-6,9-11,13H2,1-3H3. The molecule has 4 heterocycles. The fraction of sp³-hybridized carbons (Fsp3) is 0.458. The van der Waals surface area contributed by atoms with E-state index in [1.165, 1.54) is 23.1 Å². The average Bonchev–Trinajstić information content (AvgIpc) is 3.32. The largest absolute Gasteiger partial charge is 0.490 e. The van der Waals surface area contributed by atoms with Crippen LogP contribution in [-0.2, 0) is 11.8 Å². The van der Waals surface area contributed by atoms with Crippen molar-refractivity contribution in [3.63, 3.8) is 0 Å². The molecule has 0 N–H and O–H groups in total. The SMILES string of the molecule is Cc1sc2nc(SCC(=O)N3CCCC3c3ccc4c(c3)OCCCO4)n(C)c(=O)c2c1C. The number of hydrogen-bond acceptors (Lipinski definition) is 7. The molecule has 1 fully saturated rings. The smallest absolute Gasteiger partial charge is 0.262 e. The number of carbonyl (C=O) groups is 1. The third kappa shape index (κ3) is 4.12. The molecule has 5 rings (SSSR count). The van der Waals surface area contributed by atoms with Gasteiger partial charge >= 0.3 is 0 Å². The minimum absolute atomic E-state index is 0.0251. The van der Waals surface area contributed by atoms with Gasteiger partial charge in [-0.2, -0.15) is 0 Å². The van der Waals surface area contributed by atoms with Crippen molar-refractivity contribution in [1.29, 1.82) is 0 Å². The van der Waals surface area contributed by atoms with E-state index in [-0.39, 0.29) is 23.3 Å². The lowest BCUT2D eigenvalue weighted by Crippen LogP contribution is -2.32. The van der Waals surface area contributed by atoms with Crippen molar-refractivity contribution in [3.8, 4) is 11.5 Å². The minimum Gasteiger partial charge on any atom is -0.490 e. The van der Waals surface area contributed by atoms with E-state index >= 15 is 0 Å².